The molecule has 2 atom stereocenters. The van der Waals surface area contributed by atoms with Gasteiger partial charge in [-0.25, -0.2) is 4.79 Å². The van der Waals surface area contributed by atoms with Crippen LogP contribution in [0.2, 0.25) is 0 Å². The Labute approximate surface area is 159 Å². The van der Waals surface area contributed by atoms with E-state index in [1.807, 2.05) is 67.6 Å². The third-order valence-corrected chi connectivity index (χ3v) is 4.30. The van der Waals surface area contributed by atoms with Gasteiger partial charge in [0.25, 0.3) is 0 Å². The van der Waals surface area contributed by atoms with Gasteiger partial charge >= 0.3 is 6.09 Å². The number of rotatable bonds is 8. The van der Waals surface area contributed by atoms with E-state index in [-0.39, 0.29) is 19.3 Å². The summed E-state index contributed by atoms with van der Waals surface area (Å²) in [7, 11) is 0. The van der Waals surface area contributed by atoms with Gasteiger partial charge in [-0.15, -0.1) is 0 Å². The number of amides is 1. The lowest BCUT2D eigenvalue weighted by atomic mass is 10.2. The number of hydrogen-bond acceptors (Lipinski definition) is 4. The summed E-state index contributed by atoms with van der Waals surface area (Å²) in [5, 5.41) is 10.3. The highest BCUT2D eigenvalue weighted by Gasteiger charge is 2.21. The maximum atomic E-state index is 12.4. The van der Waals surface area contributed by atoms with Gasteiger partial charge in [0.05, 0.1) is 12.6 Å². The molecule has 1 heterocycles. The minimum atomic E-state index is -0.784. The average molecular weight is 367 g/mol. The van der Waals surface area contributed by atoms with Gasteiger partial charge in [-0.1, -0.05) is 55.5 Å². The van der Waals surface area contributed by atoms with E-state index >= 15 is 0 Å². The third-order valence-electron chi connectivity index (χ3n) is 4.30. The molecule has 0 radical (unpaired) electrons. The Morgan fingerprint density at radius 1 is 1.37 bits per heavy atom. The van der Waals surface area contributed by atoms with E-state index in [0.29, 0.717) is 6.54 Å². The fourth-order valence-electron chi connectivity index (χ4n) is 2.98. The summed E-state index contributed by atoms with van der Waals surface area (Å²) in [6.07, 6.45) is 10.7. The molecule has 0 fully saturated rings. The first-order chi connectivity index (χ1) is 13.2. The largest absolute Gasteiger partial charge is 0.482 e. The lowest BCUT2D eigenvalue weighted by Gasteiger charge is -2.23. The molecule has 0 spiro atoms. The fourth-order valence-corrected chi connectivity index (χ4v) is 2.98. The molecule has 0 saturated heterocycles. The second-order valence-corrected chi connectivity index (χ2v) is 6.53. The molecular formula is C22H25NO4. The number of ether oxygens (including phenoxy) is 2. The third kappa shape index (κ3) is 5.34. The molecule has 27 heavy (non-hydrogen) atoms. The SMILES string of the molecule is CCCN(C[C@@H](O)/C=C/C1C=C2C=CC=C2O1)C(=O)OCc1ccccc1. The van der Waals surface area contributed by atoms with Crippen LogP contribution in [0.15, 0.2) is 78.1 Å². The molecule has 0 aromatic heterocycles. The van der Waals surface area contributed by atoms with Gasteiger partial charge in [-0.05, 0) is 30.2 Å². The first-order valence-electron chi connectivity index (χ1n) is 9.25. The Balaban J connectivity index is 1.49. The zero-order chi connectivity index (χ0) is 19.1. The highest BCUT2D eigenvalue weighted by atomic mass is 16.6. The van der Waals surface area contributed by atoms with Crippen LogP contribution in [0, 0.1) is 0 Å². The number of aliphatic hydroxyl groups is 1. The monoisotopic (exact) mass is 367 g/mol. The van der Waals surface area contributed by atoms with Crippen molar-refractivity contribution in [1.29, 1.82) is 0 Å². The molecule has 1 aromatic carbocycles. The summed E-state index contributed by atoms with van der Waals surface area (Å²) >= 11 is 0. The van der Waals surface area contributed by atoms with Crippen LogP contribution in [0.3, 0.4) is 0 Å². The van der Waals surface area contributed by atoms with Crippen molar-refractivity contribution in [3.05, 3.63) is 83.7 Å². The van der Waals surface area contributed by atoms with Crippen LogP contribution >= 0.6 is 0 Å². The second-order valence-electron chi connectivity index (χ2n) is 6.53. The Hall–Kier alpha value is -2.79. The van der Waals surface area contributed by atoms with Crippen LogP contribution in [-0.2, 0) is 16.1 Å². The van der Waals surface area contributed by atoms with E-state index in [0.717, 1.165) is 23.3 Å². The standard InChI is InChI=1S/C22H25NO4/c1-2-13-23(22(25)26-16-17-7-4-3-5-8-17)15-19(24)11-12-20-14-18-9-6-10-21(18)27-20/h3-12,14,19-20,24H,2,13,15-16H2,1H3/b12-11+/t19-,20?/m0/s1. The number of carbonyl (C=O) groups excluding carboxylic acids is 1. The average Bonchev–Trinajstić information content (AvgIpc) is 3.27. The number of aliphatic hydroxyl groups excluding tert-OH is 1. The van der Waals surface area contributed by atoms with Gasteiger partial charge in [0.15, 0.2) is 0 Å². The Kier molecular flexibility index (Phi) is 6.49. The maximum Gasteiger partial charge on any atom is 0.410 e. The lowest BCUT2D eigenvalue weighted by molar-refractivity contribution is 0.0788. The predicted molar refractivity (Wildman–Crippen MR) is 104 cm³/mol. The van der Waals surface area contributed by atoms with E-state index in [1.165, 1.54) is 4.90 Å². The first-order valence-corrected chi connectivity index (χ1v) is 9.25. The normalized spacial score (nSPS) is 18.7. The van der Waals surface area contributed by atoms with Gasteiger partial charge in [0, 0.05) is 12.1 Å². The number of benzene rings is 1. The van der Waals surface area contributed by atoms with E-state index in [4.69, 9.17) is 9.47 Å². The molecule has 0 saturated carbocycles. The van der Waals surface area contributed by atoms with Crippen molar-refractivity contribution in [2.24, 2.45) is 0 Å². The van der Waals surface area contributed by atoms with E-state index in [1.54, 1.807) is 6.08 Å². The Morgan fingerprint density at radius 3 is 2.93 bits per heavy atom. The van der Waals surface area contributed by atoms with Crippen molar-refractivity contribution < 1.29 is 19.4 Å². The highest BCUT2D eigenvalue weighted by Crippen LogP contribution is 2.28. The smallest absolute Gasteiger partial charge is 0.410 e. The summed E-state index contributed by atoms with van der Waals surface area (Å²) in [4.78, 5) is 13.9. The second kappa shape index (κ2) is 9.24. The molecule has 142 valence electrons. The minimum absolute atomic E-state index is 0.184. The highest BCUT2D eigenvalue weighted by molar-refractivity contribution is 5.67. The topological polar surface area (TPSA) is 59.0 Å². The molecule has 1 aromatic rings. The molecule has 1 N–H and O–H groups in total. The molecule has 0 bridgehead atoms. The van der Waals surface area contributed by atoms with Gasteiger partial charge in [0.2, 0.25) is 0 Å². The molecular weight excluding hydrogens is 342 g/mol. The minimum Gasteiger partial charge on any atom is -0.482 e. The zero-order valence-electron chi connectivity index (χ0n) is 15.5. The van der Waals surface area contributed by atoms with Gasteiger partial charge in [-0.3, -0.25) is 0 Å². The van der Waals surface area contributed by atoms with Crippen molar-refractivity contribution in [3.8, 4) is 0 Å². The first kappa shape index (κ1) is 19.0. The Morgan fingerprint density at radius 2 is 2.19 bits per heavy atom. The van der Waals surface area contributed by atoms with Crippen molar-refractivity contribution in [2.75, 3.05) is 13.1 Å². The van der Waals surface area contributed by atoms with Crippen LogP contribution in [-0.4, -0.2) is 41.4 Å². The number of carbonyl (C=O) groups is 1. The number of hydrogen-bond donors (Lipinski definition) is 1. The van der Waals surface area contributed by atoms with Crippen LogP contribution in [0.5, 0.6) is 0 Å². The summed E-state index contributed by atoms with van der Waals surface area (Å²) in [6.45, 7) is 2.92. The van der Waals surface area contributed by atoms with E-state index in [9.17, 15) is 9.90 Å². The van der Waals surface area contributed by atoms with Gasteiger partial charge in [0.1, 0.15) is 18.5 Å². The van der Waals surface area contributed by atoms with Gasteiger partial charge in [-0.2, -0.15) is 0 Å². The number of allylic oxidation sites excluding steroid dienone is 3. The number of nitrogens with zero attached hydrogens (tertiary/aromatic N) is 1. The maximum absolute atomic E-state index is 12.4. The molecule has 1 aliphatic carbocycles. The zero-order valence-corrected chi connectivity index (χ0v) is 15.5. The quantitative estimate of drug-likeness (QED) is 0.711. The summed E-state index contributed by atoms with van der Waals surface area (Å²) in [5.41, 5.74) is 2.00. The van der Waals surface area contributed by atoms with E-state index in [2.05, 4.69) is 0 Å². The van der Waals surface area contributed by atoms with Crippen molar-refractivity contribution >= 4 is 6.09 Å². The van der Waals surface area contributed by atoms with Crippen LogP contribution < -0.4 is 0 Å². The van der Waals surface area contributed by atoms with Crippen LogP contribution in [0.1, 0.15) is 18.9 Å². The molecule has 1 aliphatic heterocycles. The Bertz CT molecular complexity index is 764. The summed E-state index contributed by atoms with van der Waals surface area (Å²) in [5.74, 6) is 0.858. The number of fused-ring (bicyclic) bond motifs is 1. The molecule has 5 nitrogen and oxygen atoms in total. The predicted octanol–water partition coefficient (Wildman–Crippen LogP) is 3.73. The lowest BCUT2D eigenvalue weighted by Crippen LogP contribution is -2.37. The molecule has 3 rings (SSSR count). The molecule has 5 heteroatoms. The van der Waals surface area contributed by atoms with Gasteiger partial charge < -0.3 is 19.5 Å². The summed E-state index contributed by atoms with van der Waals surface area (Å²) < 4.78 is 11.1. The van der Waals surface area contributed by atoms with Crippen molar-refractivity contribution in [2.45, 2.75) is 32.2 Å². The van der Waals surface area contributed by atoms with Crippen LogP contribution in [0.25, 0.3) is 0 Å². The van der Waals surface area contributed by atoms with Crippen molar-refractivity contribution in [1.82, 2.24) is 4.90 Å². The fraction of sp³-hybridized carbons (Fsp3) is 0.318. The molecule has 1 amide bonds. The molecule has 2 aliphatic rings. The summed E-state index contributed by atoms with van der Waals surface area (Å²) in [6, 6.07) is 9.54. The van der Waals surface area contributed by atoms with E-state index < -0.39 is 12.2 Å². The van der Waals surface area contributed by atoms with Crippen molar-refractivity contribution in [3.63, 3.8) is 0 Å². The molecule has 1 unspecified atom stereocenters. The van der Waals surface area contributed by atoms with Crippen LogP contribution in [0.4, 0.5) is 4.79 Å².